The molecule has 0 aliphatic heterocycles. The lowest BCUT2D eigenvalue weighted by atomic mass is 9.89. The second-order valence-corrected chi connectivity index (χ2v) is 6.74. The molecule has 0 bridgehead atoms. The summed E-state index contributed by atoms with van der Waals surface area (Å²) < 4.78 is 0. The first kappa shape index (κ1) is 17.7. The van der Waals surface area contributed by atoms with Crippen LogP contribution in [0.25, 0.3) is 0 Å². The highest BCUT2D eigenvalue weighted by Gasteiger charge is 2.08. The molecule has 1 radical (unpaired) electrons. The SMILES string of the molecule is CC(C)(C)CCCCCCCCCCCC[C]=O. The summed E-state index contributed by atoms with van der Waals surface area (Å²) in [5, 5.41) is 0. The van der Waals surface area contributed by atoms with Crippen LogP contribution in [0.2, 0.25) is 0 Å². The Morgan fingerprint density at radius 3 is 1.44 bits per heavy atom. The molecule has 0 saturated carbocycles. The Bertz CT molecular complexity index is 179. The Kier molecular flexibility index (Phi) is 11.5. The van der Waals surface area contributed by atoms with E-state index in [4.69, 9.17) is 0 Å². The van der Waals surface area contributed by atoms with Gasteiger partial charge in [0.05, 0.1) is 0 Å². The number of hydrogen-bond acceptors (Lipinski definition) is 1. The summed E-state index contributed by atoms with van der Waals surface area (Å²) in [5.74, 6) is 0. The van der Waals surface area contributed by atoms with Crippen LogP contribution in [0.15, 0.2) is 0 Å². The Morgan fingerprint density at radius 2 is 1.06 bits per heavy atom. The van der Waals surface area contributed by atoms with Gasteiger partial charge in [-0.3, -0.25) is 4.79 Å². The molecule has 0 amide bonds. The summed E-state index contributed by atoms with van der Waals surface area (Å²) in [6.07, 6.45) is 17.2. The maximum absolute atomic E-state index is 10.0. The first-order valence-corrected chi connectivity index (χ1v) is 7.91. The summed E-state index contributed by atoms with van der Waals surface area (Å²) in [6, 6.07) is 0. The smallest absolute Gasteiger partial charge is 0.198 e. The average molecular weight is 253 g/mol. The molecule has 0 fully saturated rings. The zero-order valence-corrected chi connectivity index (χ0v) is 12.9. The third kappa shape index (κ3) is 15.7. The first-order valence-electron chi connectivity index (χ1n) is 7.91. The molecule has 0 aliphatic rings. The van der Waals surface area contributed by atoms with Crippen molar-refractivity contribution >= 4 is 6.29 Å². The lowest BCUT2D eigenvalue weighted by molar-refractivity contribution is 0.356. The molecule has 0 aliphatic carbocycles. The van der Waals surface area contributed by atoms with Gasteiger partial charge in [-0.15, -0.1) is 0 Å². The third-order valence-electron chi connectivity index (χ3n) is 3.46. The van der Waals surface area contributed by atoms with Crippen molar-refractivity contribution in [2.75, 3.05) is 0 Å². The predicted octanol–water partition coefficient (Wildman–Crippen LogP) is 5.82. The fraction of sp³-hybridized carbons (Fsp3) is 0.941. The van der Waals surface area contributed by atoms with Crippen LogP contribution in [0.4, 0.5) is 0 Å². The van der Waals surface area contributed by atoms with Gasteiger partial charge in [0.2, 0.25) is 0 Å². The van der Waals surface area contributed by atoms with Crippen LogP contribution >= 0.6 is 0 Å². The minimum absolute atomic E-state index is 0.513. The molecular formula is C17H33O. The Morgan fingerprint density at radius 1 is 0.667 bits per heavy atom. The molecule has 0 aromatic heterocycles. The van der Waals surface area contributed by atoms with Crippen LogP contribution in [0, 0.1) is 5.41 Å². The lowest BCUT2D eigenvalue weighted by Crippen LogP contribution is -2.03. The van der Waals surface area contributed by atoms with Crippen LogP contribution in [0.5, 0.6) is 0 Å². The van der Waals surface area contributed by atoms with Crippen LogP contribution in [0.1, 0.15) is 97.8 Å². The van der Waals surface area contributed by atoms with E-state index in [1.165, 1.54) is 64.2 Å². The van der Waals surface area contributed by atoms with E-state index in [2.05, 4.69) is 20.8 Å². The first-order chi connectivity index (χ1) is 8.56. The molecule has 0 saturated heterocycles. The molecule has 1 nitrogen and oxygen atoms in total. The quantitative estimate of drug-likeness (QED) is 0.400. The van der Waals surface area contributed by atoms with Crippen molar-refractivity contribution in [3.63, 3.8) is 0 Å². The van der Waals surface area contributed by atoms with Crippen LogP contribution in [0.3, 0.4) is 0 Å². The van der Waals surface area contributed by atoms with Gasteiger partial charge in [0.15, 0.2) is 6.29 Å². The molecule has 0 spiro atoms. The molecule has 0 heterocycles. The zero-order valence-electron chi connectivity index (χ0n) is 12.9. The van der Waals surface area contributed by atoms with Crippen LogP contribution in [-0.4, -0.2) is 6.29 Å². The highest BCUT2D eigenvalue weighted by atomic mass is 16.1. The minimum atomic E-state index is 0.513. The van der Waals surface area contributed by atoms with E-state index in [9.17, 15) is 4.79 Å². The van der Waals surface area contributed by atoms with Gasteiger partial charge in [0.1, 0.15) is 0 Å². The molecule has 0 atom stereocenters. The van der Waals surface area contributed by atoms with Gasteiger partial charge >= 0.3 is 0 Å². The Hall–Kier alpha value is -0.330. The van der Waals surface area contributed by atoms with Crippen molar-refractivity contribution in [1.82, 2.24) is 0 Å². The normalized spacial score (nSPS) is 11.7. The summed E-state index contributed by atoms with van der Waals surface area (Å²) in [7, 11) is 0. The molecule has 1 heteroatoms. The van der Waals surface area contributed by atoms with Crippen LogP contribution < -0.4 is 0 Å². The highest BCUT2D eigenvalue weighted by Crippen LogP contribution is 2.22. The lowest BCUT2D eigenvalue weighted by Gasteiger charge is -2.17. The summed E-state index contributed by atoms with van der Waals surface area (Å²) in [6.45, 7) is 6.99. The van der Waals surface area contributed by atoms with Crippen molar-refractivity contribution < 1.29 is 4.79 Å². The molecule has 0 unspecified atom stereocenters. The van der Waals surface area contributed by atoms with Gasteiger partial charge in [-0.2, -0.15) is 0 Å². The van der Waals surface area contributed by atoms with Gasteiger partial charge < -0.3 is 0 Å². The van der Waals surface area contributed by atoms with Crippen molar-refractivity contribution in [2.24, 2.45) is 5.41 Å². The van der Waals surface area contributed by atoms with Crippen LogP contribution in [-0.2, 0) is 4.79 Å². The molecule has 18 heavy (non-hydrogen) atoms. The van der Waals surface area contributed by atoms with Crippen molar-refractivity contribution in [3.8, 4) is 0 Å². The molecule has 0 aromatic rings. The maximum Gasteiger partial charge on any atom is 0.198 e. The van der Waals surface area contributed by atoms with E-state index in [1.807, 2.05) is 6.29 Å². The van der Waals surface area contributed by atoms with Gasteiger partial charge in [0, 0.05) is 6.42 Å². The maximum atomic E-state index is 10.0. The van der Waals surface area contributed by atoms with Crippen molar-refractivity contribution in [2.45, 2.75) is 97.8 Å². The highest BCUT2D eigenvalue weighted by molar-refractivity contribution is 5.50. The Balaban J connectivity index is 3.01. The monoisotopic (exact) mass is 253 g/mol. The fourth-order valence-electron chi connectivity index (χ4n) is 2.27. The van der Waals surface area contributed by atoms with E-state index in [1.54, 1.807) is 0 Å². The van der Waals surface area contributed by atoms with E-state index in [-0.39, 0.29) is 0 Å². The number of carbonyl (C=O) groups excluding carboxylic acids is 1. The van der Waals surface area contributed by atoms with E-state index < -0.39 is 0 Å². The molecule has 107 valence electrons. The van der Waals surface area contributed by atoms with E-state index in [0.717, 1.165) is 6.42 Å². The molecule has 0 aromatic carbocycles. The third-order valence-corrected chi connectivity index (χ3v) is 3.46. The van der Waals surface area contributed by atoms with Gasteiger partial charge in [-0.05, 0) is 18.3 Å². The number of unbranched alkanes of at least 4 members (excludes halogenated alkanes) is 10. The van der Waals surface area contributed by atoms with E-state index in [0.29, 0.717) is 11.8 Å². The largest absolute Gasteiger partial charge is 0.291 e. The second-order valence-electron chi connectivity index (χ2n) is 6.74. The predicted molar refractivity (Wildman–Crippen MR) is 80.6 cm³/mol. The van der Waals surface area contributed by atoms with Gasteiger partial charge in [0.25, 0.3) is 0 Å². The minimum Gasteiger partial charge on any atom is -0.291 e. The average Bonchev–Trinajstić information content (AvgIpc) is 2.29. The fourth-order valence-corrected chi connectivity index (χ4v) is 2.27. The molecule has 0 rings (SSSR count). The summed E-state index contributed by atoms with van der Waals surface area (Å²) >= 11 is 0. The molecule has 0 N–H and O–H groups in total. The summed E-state index contributed by atoms with van der Waals surface area (Å²) in [4.78, 5) is 10.0. The molecular weight excluding hydrogens is 220 g/mol. The zero-order chi connectivity index (χ0) is 13.7. The van der Waals surface area contributed by atoms with E-state index >= 15 is 0 Å². The van der Waals surface area contributed by atoms with Gasteiger partial charge in [-0.1, -0.05) is 78.6 Å². The topological polar surface area (TPSA) is 17.1 Å². The standard InChI is InChI=1S/C17H33O/c1-17(2,3)15-13-11-9-7-5-4-6-8-10-12-14-16-18/h4-15H2,1-3H3. The second kappa shape index (κ2) is 11.7. The number of rotatable bonds is 12. The summed E-state index contributed by atoms with van der Waals surface area (Å²) in [5.41, 5.74) is 0.513. The van der Waals surface area contributed by atoms with Gasteiger partial charge in [-0.25, -0.2) is 0 Å². The Labute approximate surface area is 115 Å². The van der Waals surface area contributed by atoms with Crippen molar-refractivity contribution in [3.05, 3.63) is 0 Å². The van der Waals surface area contributed by atoms with Crippen molar-refractivity contribution in [1.29, 1.82) is 0 Å². The number of hydrogen-bond donors (Lipinski definition) is 0.